The van der Waals surface area contributed by atoms with Gasteiger partial charge in [-0.1, -0.05) is 49.0 Å². The fraction of sp³-hybridized carbons (Fsp3) is 0.263. The highest BCUT2D eigenvalue weighted by molar-refractivity contribution is 5.93. The monoisotopic (exact) mass is 348 g/mol. The maximum absolute atomic E-state index is 14.8. The Morgan fingerprint density at radius 3 is 2.40 bits per heavy atom. The Labute approximate surface area is 144 Å². The molecule has 1 atom stereocenters. The van der Waals surface area contributed by atoms with Gasteiger partial charge in [0.05, 0.1) is 19.6 Å². The van der Waals surface area contributed by atoms with E-state index in [0.29, 0.717) is 5.39 Å². The van der Waals surface area contributed by atoms with Crippen molar-refractivity contribution in [2.45, 2.75) is 18.8 Å². The normalized spacial score (nSPS) is 12.5. The molecule has 0 bridgehead atoms. The first-order valence-corrected chi connectivity index (χ1v) is 7.63. The lowest BCUT2D eigenvalue weighted by Crippen LogP contribution is -2.39. The molecule has 0 saturated heterocycles. The first-order valence-electron chi connectivity index (χ1n) is 7.63. The zero-order valence-corrected chi connectivity index (χ0v) is 13.9. The highest BCUT2D eigenvalue weighted by Gasteiger charge is 2.52. The summed E-state index contributed by atoms with van der Waals surface area (Å²) in [6.45, 7) is 4.65. The molecule has 132 valence electrons. The minimum atomic E-state index is -3.97. The molecular formula is C19H18F2O4. The van der Waals surface area contributed by atoms with Crippen LogP contribution in [0.4, 0.5) is 8.78 Å². The predicted octanol–water partition coefficient (Wildman–Crippen LogP) is 3.85. The number of ether oxygens (including phenoxy) is 2. The van der Waals surface area contributed by atoms with E-state index >= 15 is 0 Å². The topological polar surface area (TPSA) is 52.6 Å². The Hall–Kier alpha value is -2.76. The van der Waals surface area contributed by atoms with Gasteiger partial charge in [-0.2, -0.15) is 8.78 Å². The lowest BCUT2D eigenvalue weighted by molar-refractivity contribution is -0.174. The third kappa shape index (κ3) is 3.68. The second-order valence-corrected chi connectivity index (χ2v) is 5.40. The van der Waals surface area contributed by atoms with Gasteiger partial charge in [-0.25, -0.2) is 9.59 Å². The fourth-order valence-corrected chi connectivity index (χ4v) is 2.61. The molecule has 0 heterocycles. The van der Waals surface area contributed by atoms with Crippen molar-refractivity contribution in [3.05, 3.63) is 60.2 Å². The molecule has 0 radical (unpaired) electrons. The van der Waals surface area contributed by atoms with E-state index in [1.54, 1.807) is 18.2 Å². The summed E-state index contributed by atoms with van der Waals surface area (Å²) < 4.78 is 38.5. The maximum Gasteiger partial charge on any atom is 0.378 e. The van der Waals surface area contributed by atoms with E-state index in [1.165, 1.54) is 19.1 Å². The summed E-state index contributed by atoms with van der Waals surface area (Å²) in [5.74, 6) is -8.58. The molecule has 25 heavy (non-hydrogen) atoms. The van der Waals surface area contributed by atoms with Crippen molar-refractivity contribution in [3.63, 3.8) is 0 Å². The van der Waals surface area contributed by atoms with Crippen molar-refractivity contribution >= 4 is 22.7 Å². The van der Waals surface area contributed by atoms with Crippen LogP contribution in [0.2, 0.25) is 0 Å². The van der Waals surface area contributed by atoms with E-state index in [4.69, 9.17) is 0 Å². The van der Waals surface area contributed by atoms with Gasteiger partial charge in [0.2, 0.25) is 0 Å². The van der Waals surface area contributed by atoms with Gasteiger partial charge in [-0.3, -0.25) is 0 Å². The SMILES string of the molecule is C=C(C(=O)OC)[C@H](c1ccc2ccccc2c1)C(F)(F)C(=O)OCC. The molecule has 0 unspecified atom stereocenters. The maximum atomic E-state index is 14.8. The molecule has 4 nitrogen and oxygen atoms in total. The largest absolute Gasteiger partial charge is 0.466 e. The lowest BCUT2D eigenvalue weighted by Gasteiger charge is -2.26. The molecule has 0 amide bonds. The summed E-state index contributed by atoms with van der Waals surface area (Å²) in [7, 11) is 1.06. The molecular weight excluding hydrogens is 330 g/mol. The summed E-state index contributed by atoms with van der Waals surface area (Å²) in [5.41, 5.74) is -0.442. The van der Waals surface area contributed by atoms with E-state index in [2.05, 4.69) is 16.1 Å². The van der Waals surface area contributed by atoms with Crippen molar-refractivity contribution in [1.29, 1.82) is 0 Å². The molecule has 2 aromatic carbocycles. The third-order valence-corrected chi connectivity index (χ3v) is 3.81. The van der Waals surface area contributed by atoms with Gasteiger partial charge in [-0.05, 0) is 23.3 Å². The standard InChI is InChI=1S/C19H18F2O4/c1-4-25-18(23)19(20,21)16(12(2)17(22)24-3)15-10-9-13-7-5-6-8-14(13)11-15/h5-11,16H,2,4H2,1,3H3/t16-/m1/s1. The van der Waals surface area contributed by atoms with E-state index in [0.717, 1.165) is 12.5 Å². The van der Waals surface area contributed by atoms with Crippen molar-refractivity contribution in [2.24, 2.45) is 0 Å². The first kappa shape index (κ1) is 18.6. The molecule has 0 spiro atoms. The van der Waals surface area contributed by atoms with Gasteiger partial charge in [0.1, 0.15) is 0 Å². The number of benzene rings is 2. The van der Waals surface area contributed by atoms with Crippen molar-refractivity contribution in [1.82, 2.24) is 0 Å². The van der Waals surface area contributed by atoms with Crippen molar-refractivity contribution in [3.8, 4) is 0 Å². The average molecular weight is 348 g/mol. The van der Waals surface area contributed by atoms with Crippen LogP contribution in [-0.4, -0.2) is 31.6 Å². The van der Waals surface area contributed by atoms with Crippen LogP contribution >= 0.6 is 0 Å². The lowest BCUT2D eigenvalue weighted by atomic mass is 9.85. The van der Waals surface area contributed by atoms with Gasteiger partial charge in [0.25, 0.3) is 0 Å². The van der Waals surface area contributed by atoms with Crippen LogP contribution in [-0.2, 0) is 19.1 Å². The van der Waals surface area contributed by atoms with Crippen LogP contribution < -0.4 is 0 Å². The van der Waals surface area contributed by atoms with Gasteiger partial charge in [0.15, 0.2) is 0 Å². The van der Waals surface area contributed by atoms with Gasteiger partial charge in [0, 0.05) is 5.57 Å². The number of halogens is 2. The summed E-state index contributed by atoms with van der Waals surface area (Å²) >= 11 is 0. The van der Waals surface area contributed by atoms with Crippen molar-refractivity contribution < 1.29 is 27.8 Å². The van der Waals surface area contributed by atoms with Crippen LogP contribution in [0.15, 0.2) is 54.6 Å². The van der Waals surface area contributed by atoms with Crippen LogP contribution in [0.3, 0.4) is 0 Å². The number of carbonyl (C=O) groups excluding carboxylic acids is 2. The Bertz CT molecular complexity index is 814. The third-order valence-electron chi connectivity index (χ3n) is 3.81. The number of methoxy groups -OCH3 is 1. The molecule has 0 saturated carbocycles. The molecule has 0 aliphatic rings. The van der Waals surface area contributed by atoms with E-state index in [1.807, 2.05) is 12.1 Å². The molecule has 0 aliphatic carbocycles. The fourth-order valence-electron chi connectivity index (χ4n) is 2.61. The van der Waals surface area contributed by atoms with Crippen molar-refractivity contribution in [2.75, 3.05) is 13.7 Å². The zero-order chi connectivity index (χ0) is 18.6. The Kier molecular flexibility index (Phi) is 5.51. The van der Waals surface area contributed by atoms with E-state index in [-0.39, 0.29) is 12.2 Å². The Morgan fingerprint density at radius 2 is 1.80 bits per heavy atom. The summed E-state index contributed by atoms with van der Waals surface area (Å²) in [5, 5.41) is 1.54. The molecule has 6 heteroatoms. The summed E-state index contributed by atoms with van der Waals surface area (Å²) in [4.78, 5) is 23.6. The minimum Gasteiger partial charge on any atom is -0.466 e. The molecule has 0 N–H and O–H groups in total. The molecule has 2 aromatic rings. The number of hydrogen-bond donors (Lipinski definition) is 0. The van der Waals surface area contributed by atoms with Gasteiger partial charge >= 0.3 is 17.9 Å². The van der Waals surface area contributed by atoms with Crippen LogP contribution in [0.25, 0.3) is 10.8 Å². The first-order chi connectivity index (χ1) is 11.8. The Balaban J connectivity index is 2.58. The molecule has 0 aliphatic heterocycles. The van der Waals surface area contributed by atoms with E-state index in [9.17, 15) is 18.4 Å². The Morgan fingerprint density at radius 1 is 1.16 bits per heavy atom. The number of esters is 2. The molecule has 2 rings (SSSR count). The van der Waals surface area contributed by atoms with Crippen LogP contribution in [0.1, 0.15) is 18.4 Å². The molecule has 0 fully saturated rings. The number of fused-ring (bicyclic) bond motifs is 1. The highest BCUT2D eigenvalue weighted by atomic mass is 19.3. The average Bonchev–Trinajstić information content (AvgIpc) is 2.60. The summed E-state index contributed by atoms with van der Waals surface area (Å²) in [6.07, 6.45) is 0. The predicted molar refractivity (Wildman–Crippen MR) is 89.4 cm³/mol. The number of hydrogen-bond acceptors (Lipinski definition) is 4. The zero-order valence-electron chi connectivity index (χ0n) is 13.9. The van der Waals surface area contributed by atoms with Crippen LogP contribution in [0, 0.1) is 0 Å². The van der Waals surface area contributed by atoms with Gasteiger partial charge < -0.3 is 9.47 Å². The highest BCUT2D eigenvalue weighted by Crippen LogP contribution is 2.41. The number of alkyl halides is 2. The van der Waals surface area contributed by atoms with Gasteiger partial charge in [-0.15, -0.1) is 0 Å². The molecule has 0 aromatic heterocycles. The quantitative estimate of drug-likeness (QED) is 0.588. The van der Waals surface area contributed by atoms with E-state index < -0.39 is 29.4 Å². The summed E-state index contributed by atoms with van der Waals surface area (Å²) in [6, 6.07) is 11.7. The number of carbonyl (C=O) groups is 2. The second-order valence-electron chi connectivity index (χ2n) is 5.40. The minimum absolute atomic E-state index is 0.0761. The number of rotatable bonds is 6. The smallest absolute Gasteiger partial charge is 0.378 e. The van der Waals surface area contributed by atoms with Crippen LogP contribution in [0.5, 0.6) is 0 Å². The second kappa shape index (κ2) is 7.42.